The quantitative estimate of drug-likeness (QED) is 0.673. The van der Waals surface area contributed by atoms with Crippen molar-refractivity contribution >= 4 is 0 Å². The van der Waals surface area contributed by atoms with Gasteiger partial charge in [0.05, 0.1) is 12.7 Å². The molecular formula is C13H28N2O. The number of nitrogens with one attached hydrogen (secondary N) is 1. The standard InChI is InChI=1S/C13H28N2O/c1-4-8-15-9-5-13(6-10-15)14-7-11-16-12(2)3/h12-14H,4-11H2,1-3H3. The number of likely N-dealkylation sites (tertiary alicyclic amines) is 1. The molecular weight excluding hydrogens is 200 g/mol. The molecule has 1 saturated heterocycles. The Balaban J connectivity index is 1.99. The smallest absolute Gasteiger partial charge is 0.0594 e. The lowest BCUT2D eigenvalue weighted by Gasteiger charge is -2.32. The average Bonchev–Trinajstić information content (AvgIpc) is 2.27. The molecule has 1 aliphatic heterocycles. The van der Waals surface area contributed by atoms with Gasteiger partial charge in [0, 0.05) is 12.6 Å². The SMILES string of the molecule is CCCN1CCC(NCCOC(C)C)CC1. The highest BCUT2D eigenvalue weighted by Gasteiger charge is 2.17. The second kappa shape index (κ2) is 8.04. The van der Waals surface area contributed by atoms with E-state index >= 15 is 0 Å². The Morgan fingerprint density at radius 3 is 2.56 bits per heavy atom. The number of hydrogen-bond acceptors (Lipinski definition) is 3. The van der Waals surface area contributed by atoms with Crippen molar-refractivity contribution < 1.29 is 4.74 Å². The summed E-state index contributed by atoms with van der Waals surface area (Å²) in [6.07, 6.45) is 4.22. The normalized spacial score (nSPS) is 19.5. The van der Waals surface area contributed by atoms with E-state index < -0.39 is 0 Å². The molecule has 0 bridgehead atoms. The van der Waals surface area contributed by atoms with Gasteiger partial charge in [-0.1, -0.05) is 6.92 Å². The van der Waals surface area contributed by atoms with E-state index in [0.29, 0.717) is 12.1 Å². The Labute approximate surface area is 101 Å². The van der Waals surface area contributed by atoms with Crippen LogP contribution in [0.25, 0.3) is 0 Å². The molecule has 1 fully saturated rings. The van der Waals surface area contributed by atoms with E-state index in [1.807, 2.05) is 0 Å². The van der Waals surface area contributed by atoms with Crippen molar-refractivity contribution in [3.8, 4) is 0 Å². The average molecular weight is 228 g/mol. The second-order valence-corrected chi connectivity index (χ2v) is 4.99. The minimum absolute atomic E-state index is 0.355. The molecule has 0 radical (unpaired) electrons. The van der Waals surface area contributed by atoms with Crippen LogP contribution in [0.2, 0.25) is 0 Å². The van der Waals surface area contributed by atoms with Crippen LogP contribution >= 0.6 is 0 Å². The fraction of sp³-hybridized carbons (Fsp3) is 1.00. The largest absolute Gasteiger partial charge is 0.377 e. The molecule has 1 N–H and O–H groups in total. The molecule has 0 spiro atoms. The van der Waals surface area contributed by atoms with Gasteiger partial charge in [0.2, 0.25) is 0 Å². The lowest BCUT2D eigenvalue weighted by atomic mass is 10.1. The van der Waals surface area contributed by atoms with Crippen molar-refractivity contribution in [1.29, 1.82) is 0 Å². The van der Waals surface area contributed by atoms with Crippen LogP contribution in [0.15, 0.2) is 0 Å². The molecule has 1 aliphatic rings. The number of hydrogen-bond donors (Lipinski definition) is 1. The molecule has 3 heteroatoms. The van der Waals surface area contributed by atoms with Gasteiger partial charge in [-0.05, 0) is 52.7 Å². The van der Waals surface area contributed by atoms with Crippen LogP contribution in [0.1, 0.15) is 40.0 Å². The first-order valence-corrected chi connectivity index (χ1v) is 6.79. The third kappa shape index (κ3) is 5.83. The summed E-state index contributed by atoms with van der Waals surface area (Å²) < 4.78 is 5.52. The zero-order valence-electron chi connectivity index (χ0n) is 11.2. The van der Waals surface area contributed by atoms with Gasteiger partial charge in [-0.25, -0.2) is 0 Å². The molecule has 0 atom stereocenters. The van der Waals surface area contributed by atoms with Gasteiger partial charge in [-0.15, -0.1) is 0 Å². The fourth-order valence-electron chi connectivity index (χ4n) is 2.23. The molecule has 0 aromatic carbocycles. The van der Waals surface area contributed by atoms with E-state index in [-0.39, 0.29) is 0 Å². The van der Waals surface area contributed by atoms with Gasteiger partial charge in [0.1, 0.15) is 0 Å². The Morgan fingerprint density at radius 1 is 1.31 bits per heavy atom. The predicted octanol–water partition coefficient (Wildman–Crippen LogP) is 1.88. The minimum Gasteiger partial charge on any atom is -0.377 e. The molecule has 0 aliphatic carbocycles. The Morgan fingerprint density at radius 2 is 2.00 bits per heavy atom. The lowest BCUT2D eigenvalue weighted by Crippen LogP contribution is -2.43. The Bertz CT molecular complexity index is 165. The van der Waals surface area contributed by atoms with Crippen molar-refractivity contribution in [2.45, 2.75) is 52.2 Å². The third-order valence-electron chi connectivity index (χ3n) is 3.11. The van der Waals surface area contributed by atoms with Crippen LogP contribution in [-0.2, 0) is 4.74 Å². The minimum atomic E-state index is 0.355. The molecule has 0 aromatic heterocycles. The highest BCUT2D eigenvalue weighted by molar-refractivity contribution is 4.76. The van der Waals surface area contributed by atoms with Crippen LogP contribution < -0.4 is 5.32 Å². The van der Waals surface area contributed by atoms with E-state index in [2.05, 4.69) is 31.0 Å². The molecule has 1 rings (SSSR count). The monoisotopic (exact) mass is 228 g/mol. The van der Waals surface area contributed by atoms with E-state index in [1.54, 1.807) is 0 Å². The summed E-state index contributed by atoms with van der Waals surface area (Å²) in [6, 6.07) is 0.712. The van der Waals surface area contributed by atoms with E-state index in [0.717, 1.165) is 13.2 Å². The fourth-order valence-corrected chi connectivity index (χ4v) is 2.23. The summed E-state index contributed by atoms with van der Waals surface area (Å²) in [6.45, 7) is 12.1. The zero-order valence-corrected chi connectivity index (χ0v) is 11.2. The van der Waals surface area contributed by atoms with Crippen LogP contribution in [0.4, 0.5) is 0 Å². The second-order valence-electron chi connectivity index (χ2n) is 4.99. The molecule has 3 nitrogen and oxygen atoms in total. The summed E-state index contributed by atoms with van der Waals surface area (Å²) in [5.74, 6) is 0. The molecule has 16 heavy (non-hydrogen) atoms. The summed E-state index contributed by atoms with van der Waals surface area (Å²) in [5, 5.41) is 3.59. The van der Waals surface area contributed by atoms with Crippen molar-refractivity contribution in [3.63, 3.8) is 0 Å². The highest BCUT2D eigenvalue weighted by atomic mass is 16.5. The van der Waals surface area contributed by atoms with Crippen LogP contribution in [-0.4, -0.2) is 49.8 Å². The first-order chi connectivity index (χ1) is 7.72. The van der Waals surface area contributed by atoms with Crippen LogP contribution in [0.5, 0.6) is 0 Å². The zero-order chi connectivity index (χ0) is 11.8. The topological polar surface area (TPSA) is 24.5 Å². The van der Waals surface area contributed by atoms with Gasteiger partial charge < -0.3 is 15.0 Å². The molecule has 0 aromatic rings. The summed E-state index contributed by atoms with van der Waals surface area (Å²) >= 11 is 0. The maximum Gasteiger partial charge on any atom is 0.0594 e. The van der Waals surface area contributed by atoms with Crippen molar-refractivity contribution in [3.05, 3.63) is 0 Å². The number of piperidine rings is 1. The predicted molar refractivity (Wildman–Crippen MR) is 68.8 cm³/mol. The Hall–Kier alpha value is -0.120. The van der Waals surface area contributed by atoms with Crippen molar-refractivity contribution in [1.82, 2.24) is 10.2 Å². The van der Waals surface area contributed by atoms with Crippen molar-refractivity contribution in [2.75, 3.05) is 32.8 Å². The molecule has 1 heterocycles. The van der Waals surface area contributed by atoms with Crippen LogP contribution in [0, 0.1) is 0 Å². The van der Waals surface area contributed by atoms with Gasteiger partial charge >= 0.3 is 0 Å². The maximum absolute atomic E-state index is 5.52. The Kier molecular flexibility index (Phi) is 7.01. The summed E-state index contributed by atoms with van der Waals surface area (Å²) in [4.78, 5) is 2.57. The number of ether oxygens (including phenoxy) is 1. The molecule has 0 saturated carbocycles. The first-order valence-electron chi connectivity index (χ1n) is 6.79. The van der Waals surface area contributed by atoms with Gasteiger partial charge in [0.25, 0.3) is 0 Å². The van der Waals surface area contributed by atoms with Crippen molar-refractivity contribution in [2.24, 2.45) is 0 Å². The lowest BCUT2D eigenvalue weighted by molar-refractivity contribution is 0.0771. The maximum atomic E-state index is 5.52. The van der Waals surface area contributed by atoms with E-state index in [4.69, 9.17) is 4.74 Å². The number of nitrogens with zero attached hydrogens (tertiary/aromatic N) is 1. The van der Waals surface area contributed by atoms with Crippen LogP contribution in [0.3, 0.4) is 0 Å². The molecule has 96 valence electrons. The van der Waals surface area contributed by atoms with Gasteiger partial charge in [-0.2, -0.15) is 0 Å². The summed E-state index contributed by atoms with van der Waals surface area (Å²) in [5.41, 5.74) is 0. The third-order valence-corrected chi connectivity index (χ3v) is 3.11. The van der Waals surface area contributed by atoms with E-state index in [9.17, 15) is 0 Å². The summed E-state index contributed by atoms with van der Waals surface area (Å²) in [7, 11) is 0. The molecule has 0 unspecified atom stereocenters. The molecule has 0 amide bonds. The number of rotatable bonds is 7. The van der Waals surface area contributed by atoms with Gasteiger partial charge in [-0.3, -0.25) is 0 Å². The van der Waals surface area contributed by atoms with Gasteiger partial charge in [0.15, 0.2) is 0 Å². The first kappa shape index (κ1) is 13.9. The van der Waals surface area contributed by atoms with E-state index in [1.165, 1.54) is 38.9 Å². The highest BCUT2D eigenvalue weighted by Crippen LogP contribution is 2.10.